The summed E-state index contributed by atoms with van der Waals surface area (Å²) in [5.41, 5.74) is 0. The molecular formula is C11H17ClO2. The SMILES string of the molecule is COC(=O)C1CC(CCl)C2CCCC12. The lowest BCUT2D eigenvalue weighted by atomic mass is 9.91. The van der Waals surface area contributed by atoms with Crippen LogP contribution in [0.25, 0.3) is 0 Å². The van der Waals surface area contributed by atoms with Gasteiger partial charge in [0.15, 0.2) is 0 Å². The second kappa shape index (κ2) is 4.09. The molecule has 0 radical (unpaired) electrons. The summed E-state index contributed by atoms with van der Waals surface area (Å²) >= 11 is 5.94. The number of hydrogen-bond acceptors (Lipinski definition) is 2. The van der Waals surface area contributed by atoms with Gasteiger partial charge in [-0.25, -0.2) is 0 Å². The van der Waals surface area contributed by atoms with Gasteiger partial charge in [0.05, 0.1) is 13.0 Å². The van der Waals surface area contributed by atoms with Gasteiger partial charge in [-0.15, -0.1) is 11.6 Å². The minimum atomic E-state index is -0.0190. The van der Waals surface area contributed by atoms with E-state index >= 15 is 0 Å². The molecule has 0 bridgehead atoms. The van der Waals surface area contributed by atoms with Crippen molar-refractivity contribution < 1.29 is 9.53 Å². The van der Waals surface area contributed by atoms with Crippen molar-refractivity contribution in [2.24, 2.45) is 23.7 Å². The number of carbonyl (C=O) groups excluding carboxylic acids is 1. The van der Waals surface area contributed by atoms with E-state index in [4.69, 9.17) is 16.3 Å². The summed E-state index contributed by atoms with van der Waals surface area (Å²) in [5.74, 6) is 2.62. The Morgan fingerprint density at radius 1 is 1.43 bits per heavy atom. The molecule has 0 aliphatic heterocycles. The second-order valence-corrected chi connectivity index (χ2v) is 4.85. The van der Waals surface area contributed by atoms with E-state index in [1.54, 1.807) is 0 Å². The maximum atomic E-state index is 11.6. The standard InChI is InChI=1S/C11H17ClO2/c1-14-11(13)10-5-7(6-12)8-3-2-4-9(8)10/h7-10H,2-6H2,1H3. The summed E-state index contributed by atoms with van der Waals surface area (Å²) in [7, 11) is 1.49. The van der Waals surface area contributed by atoms with E-state index in [0.717, 1.165) is 6.42 Å². The van der Waals surface area contributed by atoms with E-state index in [1.807, 2.05) is 0 Å². The molecule has 2 aliphatic carbocycles. The van der Waals surface area contributed by atoms with Crippen molar-refractivity contribution in [2.75, 3.05) is 13.0 Å². The molecule has 2 nitrogen and oxygen atoms in total. The zero-order chi connectivity index (χ0) is 10.1. The highest BCUT2D eigenvalue weighted by atomic mass is 35.5. The predicted molar refractivity (Wildman–Crippen MR) is 55.2 cm³/mol. The third-order valence-electron chi connectivity index (χ3n) is 4.01. The van der Waals surface area contributed by atoms with Crippen LogP contribution in [0.3, 0.4) is 0 Å². The summed E-state index contributed by atoms with van der Waals surface area (Å²) in [6.07, 6.45) is 4.66. The Hall–Kier alpha value is -0.240. The van der Waals surface area contributed by atoms with Crippen LogP contribution in [0.1, 0.15) is 25.7 Å². The quantitative estimate of drug-likeness (QED) is 0.524. The molecule has 0 heterocycles. The molecular weight excluding hydrogens is 200 g/mol. The molecule has 0 aromatic carbocycles. The third kappa shape index (κ3) is 1.54. The molecule has 3 heteroatoms. The van der Waals surface area contributed by atoms with Crippen LogP contribution in [0.5, 0.6) is 0 Å². The highest BCUT2D eigenvalue weighted by molar-refractivity contribution is 6.18. The summed E-state index contributed by atoms with van der Waals surface area (Å²) in [6, 6.07) is 0. The first-order chi connectivity index (χ1) is 6.77. The molecule has 4 unspecified atom stereocenters. The lowest BCUT2D eigenvalue weighted by Gasteiger charge is -2.16. The van der Waals surface area contributed by atoms with Crippen molar-refractivity contribution >= 4 is 17.6 Å². The molecule has 0 N–H and O–H groups in total. The Morgan fingerprint density at radius 3 is 2.79 bits per heavy atom. The number of halogens is 1. The molecule has 0 saturated heterocycles. The van der Waals surface area contributed by atoms with Crippen LogP contribution in [0.4, 0.5) is 0 Å². The number of carbonyl (C=O) groups is 1. The number of methoxy groups -OCH3 is 1. The smallest absolute Gasteiger partial charge is 0.308 e. The zero-order valence-electron chi connectivity index (χ0n) is 8.54. The van der Waals surface area contributed by atoms with Gasteiger partial charge in [0.2, 0.25) is 0 Å². The molecule has 0 amide bonds. The Morgan fingerprint density at radius 2 is 2.14 bits per heavy atom. The largest absolute Gasteiger partial charge is 0.469 e. The van der Waals surface area contributed by atoms with Crippen LogP contribution in [-0.2, 0) is 9.53 Å². The van der Waals surface area contributed by atoms with Crippen molar-refractivity contribution in [3.63, 3.8) is 0 Å². The minimum Gasteiger partial charge on any atom is -0.469 e. The average molecular weight is 217 g/mol. The van der Waals surface area contributed by atoms with Crippen molar-refractivity contribution in [1.82, 2.24) is 0 Å². The topological polar surface area (TPSA) is 26.3 Å². The van der Waals surface area contributed by atoms with E-state index in [9.17, 15) is 4.79 Å². The summed E-state index contributed by atoms with van der Waals surface area (Å²) < 4.78 is 4.85. The molecule has 4 atom stereocenters. The highest BCUT2D eigenvalue weighted by Crippen LogP contribution is 2.51. The van der Waals surface area contributed by atoms with Gasteiger partial charge in [-0.1, -0.05) is 6.42 Å². The van der Waals surface area contributed by atoms with Crippen molar-refractivity contribution in [3.8, 4) is 0 Å². The van der Waals surface area contributed by atoms with Crippen molar-refractivity contribution in [2.45, 2.75) is 25.7 Å². The van der Waals surface area contributed by atoms with Crippen molar-refractivity contribution in [1.29, 1.82) is 0 Å². The van der Waals surface area contributed by atoms with Gasteiger partial charge >= 0.3 is 5.97 Å². The monoisotopic (exact) mass is 216 g/mol. The van der Waals surface area contributed by atoms with Crippen molar-refractivity contribution in [3.05, 3.63) is 0 Å². The van der Waals surface area contributed by atoms with Crippen LogP contribution in [-0.4, -0.2) is 19.0 Å². The molecule has 2 fully saturated rings. The Labute approximate surface area is 90.0 Å². The van der Waals surface area contributed by atoms with Crippen LogP contribution in [0, 0.1) is 23.7 Å². The van der Waals surface area contributed by atoms with Gasteiger partial charge in [-0.05, 0) is 37.0 Å². The van der Waals surface area contributed by atoms with Gasteiger partial charge in [0, 0.05) is 5.88 Å². The van der Waals surface area contributed by atoms with Gasteiger partial charge in [-0.2, -0.15) is 0 Å². The van der Waals surface area contributed by atoms with Gasteiger partial charge < -0.3 is 4.74 Å². The number of alkyl halides is 1. The van der Waals surface area contributed by atoms with E-state index in [-0.39, 0.29) is 11.9 Å². The van der Waals surface area contributed by atoms with Crippen LogP contribution in [0.2, 0.25) is 0 Å². The first-order valence-electron chi connectivity index (χ1n) is 5.41. The zero-order valence-corrected chi connectivity index (χ0v) is 9.30. The first-order valence-corrected chi connectivity index (χ1v) is 5.95. The predicted octanol–water partition coefficient (Wildman–Crippen LogP) is 2.45. The minimum absolute atomic E-state index is 0.0190. The molecule has 0 spiro atoms. The summed E-state index contributed by atoms with van der Waals surface area (Å²) in [5, 5.41) is 0. The van der Waals surface area contributed by atoms with Crippen LogP contribution >= 0.6 is 11.6 Å². The summed E-state index contributed by atoms with van der Waals surface area (Å²) in [6.45, 7) is 0. The third-order valence-corrected chi connectivity index (χ3v) is 4.40. The Balaban J connectivity index is 2.10. The number of ether oxygens (including phenoxy) is 1. The Bertz CT molecular complexity index is 229. The average Bonchev–Trinajstić information content (AvgIpc) is 2.76. The van der Waals surface area contributed by atoms with Gasteiger partial charge in [0.1, 0.15) is 0 Å². The molecule has 2 saturated carbocycles. The Kier molecular flexibility index (Phi) is 3.01. The maximum absolute atomic E-state index is 11.6. The first kappa shape index (κ1) is 10.3. The number of rotatable bonds is 2. The van der Waals surface area contributed by atoms with Gasteiger partial charge in [0.25, 0.3) is 0 Å². The molecule has 14 heavy (non-hydrogen) atoms. The number of hydrogen-bond donors (Lipinski definition) is 0. The maximum Gasteiger partial charge on any atom is 0.308 e. The van der Waals surface area contributed by atoms with E-state index < -0.39 is 0 Å². The van der Waals surface area contributed by atoms with E-state index in [1.165, 1.54) is 26.4 Å². The second-order valence-electron chi connectivity index (χ2n) is 4.54. The summed E-state index contributed by atoms with van der Waals surface area (Å²) in [4.78, 5) is 11.6. The van der Waals surface area contributed by atoms with Gasteiger partial charge in [-0.3, -0.25) is 4.79 Å². The lowest BCUT2D eigenvalue weighted by molar-refractivity contribution is -0.146. The number of fused-ring (bicyclic) bond motifs is 1. The normalized spacial score (nSPS) is 41.0. The fourth-order valence-electron chi connectivity index (χ4n) is 3.38. The van der Waals surface area contributed by atoms with Crippen LogP contribution < -0.4 is 0 Å². The molecule has 2 rings (SSSR count). The molecule has 0 aromatic heterocycles. The lowest BCUT2D eigenvalue weighted by Crippen LogP contribution is -2.20. The molecule has 2 aliphatic rings. The molecule has 0 aromatic rings. The van der Waals surface area contributed by atoms with E-state index in [2.05, 4.69) is 0 Å². The highest BCUT2D eigenvalue weighted by Gasteiger charge is 2.48. The molecule has 80 valence electrons. The number of esters is 1. The van der Waals surface area contributed by atoms with Crippen LogP contribution in [0.15, 0.2) is 0 Å². The fourth-order valence-corrected chi connectivity index (χ4v) is 3.73. The van der Waals surface area contributed by atoms with E-state index in [0.29, 0.717) is 23.6 Å². The fraction of sp³-hybridized carbons (Fsp3) is 0.909.